The van der Waals surface area contributed by atoms with Gasteiger partial charge in [0.15, 0.2) is 0 Å². The third-order valence-corrected chi connectivity index (χ3v) is 5.49. The normalized spacial score (nSPS) is 16.1. The van der Waals surface area contributed by atoms with Crippen LogP contribution in [-0.2, 0) is 17.6 Å². The molecule has 1 aliphatic carbocycles. The molecule has 0 spiro atoms. The number of fused-ring (bicyclic) bond motifs is 1. The van der Waals surface area contributed by atoms with Crippen molar-refractivity contribution in [3.05, 3.63) is 53.1 Å². The van der Waals surface area contributed by atoms with Crippen molar-refractivity contribution in [1.82, 2.24) is 0 Å². The summed E-state index contributed by atoms with van der Waals surface area (Å²) < 4.78 is 11.0. The molecule has 1 aliphatic rings. The first-order chi connectivity index (χ1) is 13.8. The molecule has 1 atom stereocenters. The minimum Gasteiger partial charge on any atom is -0.497 e. The van der Waals surface area contributed by atoms with Gasteiger partial charge < -0.3 is 14.8 Å². The number of aryl methyl sites for hydroxylation is 1. The van der Waals surface area contributed by atoms with E-state index >= 15 is 0 Å². The van der Waals surface area contributed by atoms with E-state index < -0.39 is 5.41 Å². The van der Waals surface area contributed by atoms with Gasteiger partial charge in [0.05, 0.1) is 12.5 Å². The molecule has 0 radical (unpaired) electrons. The predicted molar refractivity (Wildman–Crippen MR) is 118 cm³/mol. The van der Waals surface area contributed by atoms with E-state index in [1.807, 2.05) is 32.9 Å². The Kier molecular flexibility index (Phi) is 6.51. The molecule has 0 fully saturated rings. The van der Waals surface area contributed by atoms with Crippen LogP contribution in [0.3, 0.4) is 0 Å². The Labute approximate surface area is 174 Å². The number of benzene rings is 2. The van der Waals surface area contributed by atoms with Crippen LogP contribution in [0.15, 0.2) is 36.4 Å². The smallest absolute Gasteiger partial charge is 0.316 e. The van der Waals surface area contributed by atoms with Gasteiger partial charge in [-0.1, -0.05) is 19.1 Å². The highest BCUT2D eigenvalue weighted by molar-refractivity contribution is 5.77. The Morgan fingerprint density at radius 2 is 1.86 bits per heavy atom. The summed E-state index contributed by atoms with van der Waals surface area (Å²) in [6.45, 7) is 8.74. The number of rotatable bonds is 6. The first-order valence-corrected chi connectivity index (χ1v) is 10.6. The molecule has 0 bridgehead atoms. The second kappa shape index (κ2) is 8.89. The lowest BCUT2D eigenvalue weighted by molar-refractivity contribution is -0.143. The van der Waals surface area contributed by atoms with Crippen molar-refractivity contribution >= 4 is 11.7 Å². The van der Waals surface area contributed by atoms with E-state index in [1.165, 1.54) is 22.4 Å². The van der Waals surface area contributed by atoms with Crippen LogP contribution in [-0.4, -0.2) is 19.6 Å². The lowest BCUT2D eigenvalue weighted by Crippen LogP contribution is -2.25. The molecule has 3 rings (SSSR count). The summed E-state index contributed by atoms with van der Waals surface area (Å²) in [7, 11) is 1.71. The van der Waals surface area contributed by atoms with Gasteiger partial charge in [0, 0.05) is 18.3 Å². The van der Waals surface area contributed by atoms with Crippen LogP contribution in [0.2, 0.25) is 0 Å². The van der Waals surface area contributed by atoms with Gasteiger partial charge in [-0.3, -0.25) is 4.79 Å². The van der Waals surface area contributed by atoms with Gasteiger partial charge in [-0.25, -0.2) is 0 Å². The molecule has 1 N–H and O–H groups in total. The van der Waals surface area contributed by atoms with Gasteiger partial charge >= 0.3 is 5.97 Å². The molecule has 0 amide bonds. The predicted octanol–water partition coefficient (Wildman–Crippen LogP) is 5.74. The fourth-order valence-corrected chi connectivity index (χ4v) is 3.75. The molecule has 0 heterocycles. The van der Waals surface area contributed by atoms with Crippen LogP contribution in [0.25, 0.3) is 0 Å². The van der Waals surface area contributed by atoms with Gasteiger partial charge in [-0.2, -0.15) is 0 Å². The lowest BCUT2D eigenvalue weighted by Gasteiger charge is -2.28. The quantitative estimate of drug-likeness (QED) is 0.500. The molecule has 0 saturated carbocycles. The summed E-state index contributed by atoms with van der Waals surface area (Å²) in [6.07, 6.45) is 4.15. The second-order valence-corrected chi connectivity index (χ2v) is 8.89. The zero-order valence-electron chi connectivity index (χ0n) is 18.3. The Balaban J connectivity index is 1.79. The molecule has 0 aliphatic heterocycles. The molecule has 4 nitrogen and oxygen atoms in total. The highest BCUT2D eigenvalue weighted by atomic mass is 16.5. The van der Waals surface area contributed by atoms with Gasteiger partial charge in [-0.05, 0) is 87.3 Å². The number of ether oxygens (including phenoxy) is 2. The zero-order valence-corrected chi connectivity index (χ0v) is 18.3. The Hall–Kier alpha value is -2.49. The monoisotopic (exact) mass is 395 g/mol. The number of carbonyl (C=O) groups excluding carboxylic acids is 1. The van der Waals surface area contributed by atoms with Gasteiger partial charge in [0.2, 0.25) is 0 Å². The van der Waals surface area contributed by atoms with E-state index in [0.29, 0.717) is 11.7 Å². The van der Waals surface area contributed by atoms with Crippen LogP contribution in [0.1, 0.15) is 63.1 Å². The lowest BCUT2D eigenvalue weighted by atomic mass is 9.79. The highest BCUT2D eigenvalue weighted by Gasteiger charge is 2.26. The van der Waals surface area contributed by atoms with E-state index in [1.54, 1.807) is 7.11 Å². The maximum atomic E-state index is 12.2. The van der Waals surface area contributed by atoms with Gasteiger partial charge in [-0.15, -0.1) is 0 Å². The molecule has 1 unspecified atom stereocenters. The summed E-state index contributed by atoms with van der Waals surface area (Å²) in [4.78, 5) is 12.2. The van der Waals surface area contributed by atoms with E-state index in [2.05, 4.69) is 36.5 Å². The van der Waals surface area contributed by atoms with E-state index in [9.17, 15) is 4.79 Å². The molecule has 2 aromatic rings. The third-order valence-electron chi connectivity index (χ3n) is 5.49. The van der Waals surface area contributed by atoms with Crippen molar-refractivity contribution in [3.8, 4) is 11.5 Å². The maximum Gasteiger partial charge on any atom is 0.316 e. The van der Waals surface area contributed by atoms with Crippen LogP contribution in [0.5, 0.6) is 11.5 Å². The van der Waals surface area contributed by atoms with Crippen LogP contribution in [0, 0.1) is 5.41 Å². The Bertz CT molecular complexity index is 867. The number of nitrogens with one attached hydrogen (secondary N) is 1. The average Bonchev–Trinajstić information content (AvgIpc) is 2.71. The van der Waals surface area contributed by atoms with Crippen LogP contribution < -0.4 is 14.8 Å². The third kappa shape index (κ3) is 5.11. The Morgan fingerprint density at radius 3 is 2.55 bits per heavy atom. The fraction of sp³-hybridized carbons (Fsp3) is 0.480. The van der Waals surface area contributed by atoms with Crippen LogP contribution in [0.4, 0.5) is 5.69 Å². The Morgan fingerprint density at radius 1 is 1.10 bits per heavy atom. The van der Waals surface area contributed by atoms with Crippen molar-refractivity contribution in [2.45, 2.75) is 59.3 Å². The number of esters is 1. The van der Waals surface area contributed by atoms with Gasteiger partial charge in [0.1, 0.15) is 11.5 Å². The number of methoxy groups -OCH3 is 1. The topological polar surface area (TPSA) is 47.6 Å². The fourth-order valence-electron chi connectivity index (χ4n) is 3.75. The van der Waals surface area contributed by atoms with Crippen molar-refractivity contribution in [1.29, 1.82) is 0 Å². The summed E-state index contributed by atoms with van der Waals surface area (Å²) in [5.41, 5.74) is 4.66. The SMILES string of the molecule is CCCNc1cc(OC)ccc1C1CCc2cc(OC(=O)C(C)(C)C)ccc2C1. The van der Waals surface area contributed by atoms with Crippen molar-refractivity contribution < 1.29 is 14.3 Å². The minimum atomic E-state index is -0.503. The summed E-state index contributed by atoms with van der Waals surface area (Å²) in [5.74, 6) is 1.80. The number of hydrogen-bond donors (Lipinski definition) is 1. The van der Waals surface area contributed by atoms with Crippen molar-refractivity contribution in [2.75, 3.05) is 19.0 Å². The number of anilines is 1. The molecule has 0 saturated heterocycles. The zero-order chi connectivity index (χ0) is 21.0. The second-order valence-electron chi connectivity index (χ2n) is 8.89. The minimum absolute atomic E-state index is 0.198. The molecule has 156 valence electrons. The number of carbonyl (C=O) groups is 1. The van der Waals surface area contributed by atoms with E-state index in [-0.39, 0.29) is 5.97 Å². The molecule has 4 heteroatoms. The molecular formula is C25H33NO3. The van der Waals surface area contributed by atoms with Gasteiger partial charge in [0.25, 0.3) is 0 Å². The van der Waals surface area contributed by atoms with E-state index in [0.717, 1.165) is 38.0 Å². The summed E-state index contributed by atoms with van der Waals surface area (Å²) >= 11 is 0. The maximum absolute atomic E-state index is 12.2. The summed E-state index contributed by atoms with van der Waals surface area (Å²) in [5, 5.41) is 3.57. The number of hydrogen-bond acceptors (Lipinski definition) is 4. The summed E-state index contributed by atoms with van der Waals surface area (Å²) in [6, 6.07) is 12.4. The van der Waals surface area contributed by atoms with Crippen LogP contribution >= 0.6 is 0 Å². The standard InChI is InChI=1S/C25H33NO3/c1-6-13-26-23-16-20(28-5)11-12-22(23)19-8-7-18-15-21(10-9-17(18)14-19)29-24(27)25(2,3)4/h9-12,15-16,19,26H,6-8,13-14H2,1-5H3. The molecule has 29 heavy (non-hydrogen) atoms. The average molecular weight is 396 g/mol. The molecular weight excluding hydrogens is 362 g/mol. The van der Waals surface area contributed by atoms with E-state index in [4.69, 9.17) is 9.47 Å². The largest absolute Gasteiger partial charge is 0.497 e. The molecule has 2 aromatic carbocycles. The first-order valence-electron chi connectivity index (χ1n) is 10.6. The first kappa shape index (κ1) is 21.2. The van der Waals surface area contributed by atoms with Crippen molar-refractivity contribution in [2.24, 2.45) is 5.41 Å². The highest BCUT2D eigenvalue weighted by Crippen LogP contribution is 2.38. The van der Waals surface area contributed by atoms with Crippen molar-refractivity contribution in [3.63, 3.8) is 0 Å². The molecule has 0 aromatic heterocycles.